The first-order chi connectivity index (χ1) is 10.0. The number of anilines is 1. The van der Waals surface area contributed by atoms with Gasteiger partial charge >= 0.3 is 0 Å². The van der Waals surface area contributed by atoms with Crippen LogP contribution in [0, 0.1) is 19.7 Å². The standard InChI is InChI=1S/C16H14FN3O/c1-9-3-5-12(13(17)7-9)16(21)20-11-4-6-14-15(8-11)19-10(2)18-14/h3-8H,1-2H3,(H,18,19)(H,20,21). The molecule has 0 saturated heterocycles. The molecule has 0 saturated carbocycles. The topological polar surface area (TPSA) is 57.8 Å². The molecular formula is C16H14FN3O. The van der Waals surface area contributed by atoms with Gasteiger partial charge in [-0.05, 0) is 49.7 Å². The normalized spacial score (nSPS) is 10.8. The molecule has 1 amide bonds. The Bertz CT molecular complexity index is 839. The molecule has 21 heavy (non-hydrogen) atoms. The maximum Gasteiger partial charge on any atom is 0.258 e. The first kappa shape index (κ1) is 13.3. The van der Waals surface area contributed by atoms with E-state index in [0.29, 0.717) is 5.69 Å². The van der Waals surface area contributed by atoms with Crippen LogP contribution >= 0.6 is 0 Å². The number of nitrogens with zero attached hydrogens (tertiary/aromatic N) is 1. The Morgan fingerprint density at radius 3 is 2.76 bits per heavy atom. The maximum atomic E-state index is 13.8. The quantitative estimate of drug-likeness (QED) is 0.755. The summed E-state index contributed by atoms with van der Waals surface area (Å²) in [4.78, 5) is 19.5. The molecule has 0 fully saturated rings. The molecule has 0 aliphatic rings. The molecule has 2 aromatic carbocycles. The molecule has 0 spiro atoms. The largest absolute Gasteiger partial charge is 0.342 e. The number of H-pyrrole nitrogens is 1. The number of halogens is 1. The minimum Gasteiger partial charge on any atom is -0.342 e. The van der Waals surface area contributed by atoms with Gasteiger partial charge in [-0.15, -0.1) is 0 Å². The number of carbonyl (C=O) groups is 1. The molecule has 0 unspecified atom stereocenters. The number of aromatic nitrogens is 2. The highest BCUT2D eigenvalue weighted by Gasteiger charge is 2.12. The molecule has 1 aromatic heterocycles. The molecule has 3 rings (SSSR count). The second kappa shape index (κ2) is 5.01. The predicted octanol–water partition coefficient (Wildman–Crippen LogP) is 3.57. The average Bonchev–Trinajstić information content (AvgIpc) is 2.77. The van der Waals surface area contributed by atoms with E-state index in [9.17, 15) is 9.18 Å². The number of imidazole rings is 1. The minimum absolute atomic E-state index is 0.0292. The molecule has 0 atom stereocenters. The average molecular weight is 283 g/mol. The first-order valence-corrected chi connectivity index (χ1v) is 6.57. The Balaban J connectivity index is 1.88. The summed E-state index contributed by atoms with van der Waals surface area (Å²) in [6.45, 7) is 3.64. The van der Waals surface area contributed by atoms with Crippen molar-refractivity contribution in [1.82, 2.24) is 9.97 Å². The summed E-state index contributed by atoms with van der Waals surface area (Å²) in [6.07, 6.45) is 0. The highest BCUT2D eigenvalue weighted by Crippen LogP contribution is 2.18. The van der Waals surface area contributed by atoms with Crippen LogP contribution in [0.25, 0.3) is 11.0 Å². The van der Waals surface area contributed by atoms with Gasteiger partial charge in [0.2, 0.25) is 0 Å². The van der Waals surface area contributed by atoms with Crippen molar-refractivity contribution < 1.29 is 9.18 Å². The summed E-state index contributed by atoms with van der Waals surface area (Å²) >= 11 is 0. The zero-order valence-electron chi connectivity index (χ0n) is 11.7. The van der Waals surface area contributed by atoms with Gasteiger partial charge in [0.05, 0.1) is 16.6 Å². The van der Waals surface area contributed by atoms with Crippen LogP contribution in [0.4, 0.5) is 10.1 Å². The lowest BCUT2D eigenvalue weighted by Gasteiger charge is -2.06. The van der Waals surface area contributed by atoms with Crippen molar-refractivity contribution in [2.24, 2.45) is 0 Å². The number of benzene rings is 2. The van der Waals surface area contributed by atoms with Crippen LogP contribution in [0.3, 0.4) is 0 Å². The number of aryl methyl sites for hydroxylation is 2. The molecule has 0 bridgehead atoms. The van der Waals surface area contributed by atoms with Crippen LogP contribution in [0.1, 0.15) is 21.7 Å². The maximum absolute atomic E-state index is 13.8. The van der Waals surface area contributed by atoms with E-state index in [4.69, 9.17) is 0 Å². The highest BCUT2D eigenvalue weighted by atomic mass is 19.1. The van der Waals surface area contributed by atoms with E-state index in [1.54, 1.807) is 31.2 Å². The van der Waals surface area contributed by atoms with E-state index in [2.05, 4.69) is 15.3 Å². The summed E-state index contributed by atoms with van der Waals surface area (Å²) in [5, 5.41) is 2.69. The Kier molecular flexibility index (Phi) is 3.17. The fraction of sp³-hybridized carbons (Fsp3) is 0.125. The van der Waals surface area contributed by atoms with Crippen LogP contribution in [0.15, 0.2) is 36.4 Å². The first-order valence-electron chi connectivity index (χ1n) is 6.57. The van der Waals surface area contributed by atoms with Gasteiger partial charge < -0.3 is 10.3 Å². The van der Waals surface area contributed by atoms with Crippen molar-refractivity contribution in [3.8, 4) is 0 Å². The third kappa shape index (κ3) is 2.63. The smallest absolute Gasteiger partial charge is 0.258 e. The number of rotatable bonds is 2. The third-order valence-electron chi connectivity index (χ3n) is 3.23. The van der Waals surface area contributed by atoms with Crippen molar-refractivity contribution >= 4 is 22.6 Å². The van der Waals surface area contributed by atoms with Gasteiger partial charge in [0.25, 0.3) is 5.91 Å². The molecule has 4 nitrogen and oxygen atoms in total. The van der Waals surface area contributed by atoms with Crippen LogP contribution < -0.4 is 5.32 Å². The lowest BCUT2D eigenvalue weighted by atomic mass is 10.1. The van der Waals surface area contributed by atoms with Gasteiger partial charge in [-0.25, -0.2) is 9.37 Å². The summed E-state index contributed by atoms with van der Waals surface area (Å²) < 4.78 is 13.8. The van der Waals surface area contributed by atoms with Crippen LogP contribution in [-0.2, 0) is 0 Å². The molecule has 0 aliphatic heterocycles. The summed E-state index contributed by atoms with van der Waals surface area (Å²) in [5.41, 5.74) is 3.05. The number of aromatic amines is 1. The number of fused-ring (bicyclic) bond motifs is 1. The molecule has 0 aliphatic carbocycles. The van der Waals surface area contributed by atoms with E-state index in [1.165, 1.54) is 12.1 Å². The number of carbonyl (C=O) groups excluding carboxylic acids is 1. The van der Waals surface area contributed by atoms with Gasteiger partial charge in [0.1, 0.15) is 11.6 Å². The second-order valence-electron chi connectivity index (χ2n) is 4.99. The fourth-order valence-corrected chi connectivity index (χ4v) is 2.22. The molecule has 2 N–H and O–H groups in total. The van der Waals surface area contributed by atoms with Crippen LogP contribution in [-0.4, -0.2) is 15.9 Å². The van der Waals surface area contributed by atoms with Crippen molar-refractivity contribution in [1.29, 1.82) is 0 Å². The van der Waals surface area contributed by atoms with Crippen molar-refractivity contribution in [2.45, 2.75) is 13.8 Å². The number of hydrogen-bond donors (Lipinski definition) is 2. The summed E-state index contributed by atoms with van der Waals surface area (Å²) in [7, 11) is 0. The van der Waals surface area contributed by atoms with E-state index >= 15 is 0 Å². The predicted molar refractivity (Wildman–Crippen MR) is 79.9 cm³/mol. The Morgan fingerprint density at radius 1 is 1.19 bits per heavy atom. The van der Waals surface area contributed by atoms with Gasteiger partial charge in [0, 0.05) is 5.69 Å². The Labute approximate surface area is 121 Å². The monoisotopic (exact) mass is 283 g/mol. The number of amides is 1. The van der Waals surface area contributed by atoms with E-state index in [0.717, 1.165) is 22.4 Å². The van der Waals surface area contributed by atoms with E-state index in [1.807, 2.05) is 6.92 Å². The Morgan fingerprint density at radius 2 is 2.00 bits per heavy atom. The summed E-state index contributed by atoms with van der Waals surface area (Å²) in [6, 6.07) is 9.86. The van der Waals surface area contributed by atoms with E-state index < -0.39 is 11.7 Å². The van der Waals surface area contributed by atoms with Crippen molar-refractivity contribution in [3.63, 3.8) is 0 Å². The zero-order valence-corrected chi connectivity index (χ0v) is 11.7. The van der Waals surface area contributed by atoms with Gasteiger partial charge in [-0.1, -0.05) is 6.07 Å². The van der Waals surface area contributed by atoms with E-state index in [-0.39, 0.29) is 5.56 Å². The second-order valence-corrected chi connectivity index (χ2v) is 4.99. The third-order valence-corrected chi connectivity index (χ3v) is 3.23. The SMILES string of the molecule is Cc1ccc(C(=O)Nc2ccc3nc(C)[nH]c3c2)c(F)c1. The lowest BCUT2D eigenvalue weighted by molar-refractivity contribution is 0.102. The molecule has 1 heterocycles. The highest BCUT2D eigenvalue weighted by molar-refractivity contribution is 6.05. The molecule has 106 valence electrons. The van der Waals surface area contributed by atoms with Crippen molar-refractivity contribution in [3.05, 3.63) is 59.2 Å². The van der Waals surface area contributed by atoms with Crippen molar-refractivity contribution in [2.75, 3.05) is 5.32 Å². The molecule has 3 aromatic rings. The van der Waals surface area contributed by atoms with Gasteiger partial charge in [-0.2, -0.15) is 0 Å². The summed E-state index contributed by atoms with van der Waals surface area (Å²) in [5.74, 6) is -0.188. The zero-order chi connectivity index (χ0) is 15.0. The lowest BCUT2D eigenvalue weighted by Crippen LogP contribution is -2.13. The number of hydrogen-bond acceptors (Lipinski definition) is 2. The molecule has 0 radical (unpaired) electrons. The molecular weight excluding hydrogens is 269 g/mol. The molecule has 5 heteroatoms. The van der Waals surface area contributed by atoms with Crippen LogP contribution in [0.2, 0.25) is 0 Å². The van der Waals surface area contributed by atoms with Gasteiger partial charge in [0.15, 0.2) is 0 Å². The number of nitrogens with one attached hydrogen (secondary N) is 2. The Hall–Kier alpha value is -2.69. The fourth-order valence-electron chi connectivity index (χ4n) is 2.22. The van der Waals surface area contributed by atoms with Gasteiger partial charge in [-0.3, -0.25) is 4.79 Å². The van der Waals surface area contributed by atoms with Crippen LogP contribution in [0.5, 0.6) is 0 Å². The minimum atomic E-state index is -0.522.